The standard InChI is InChI=1S/C24H21ClN4O3/c1-24-13-20(19-12-16(25)8-9-21(19)32-24)28-23(31)29(24)18-7-4-5-15(11-18)22(30)27-14-17-6-2-3-10-26-17/h2-12,20H,13-14H2,1H3,(H,27,30)(H,28,31). The lowest BCUT2D eigenvalue weighted by Crippen LogP contribution is -2.65. The fourth-order valence-corrected chi connectivity index (χ4v) is 4.48. The van der Waals surface area contributed by atoms with E-state index in [1.165, 1.54) is 0 Å². The van der Waals surface area contributed by atoms with Crippen LogP contribution in [-0.2, 0) is 6.54 Å². The molecule has 2 atom stereocenters. The highest BCUT2D eigenvalue weighted by molar-refractivity contribution is 6.30. The van der Waals surface area contributed by atoms with E-state index in [-0.39, 0.29) is 18.0 Å². The first-order valence-corrected chi connectivity index (χ1v) is 10.7. The SMILES string of the molecule is CC12CC(NC(=O)N1c1cccc(C(=O)NCc3ccccn3)c1)c1cc(Cl)ccc1O2. The zero-order chi connectivity index (χ0) is 22.3. The van der Waals surface area contributed by atoms with E-state index in [4.69, 9.17) is 16.3 Å². The summed E-state index contributed by atoms with van der Waals surface area (Å²) in [6.45, 7) is 2.19. The van der Waals surface area contributed by atoms with Crippen LogP contribution in [0.5, 0.6) is 5.75 Å². The third-order valence-electron chi connectivity index (χ3n) is 5.76. The molecule has 2 aromatic carbocycles. The number of anilines is 1. The number of halogens is 1. The van der Waals surface area contributed by atoms with E-state index < -0.39 is 5.72 Å². The number of hydrogen-bond acceptors (Lipinski definition) is 4. The largest absolute Gasteiger partial charge is 0.467 e. The first-order chi connectivity index (χ1) is 15.4. The molecule has 1 aromatic heterocycles. The average molecular weight is 449 g/mol. The molecule has 2 N–H and O–H groups in total. The minimum Gasteiger partial charge on any atom is -0.467 e. The Balaban J connectivity index is 1.41. The summed E-state index contributed by atoms with van der Waals surface area (Å²) in [5, 5.41) is 6.50. The van der Waals surface area contributed by atoms with Crippen molar-refractivity contribution >= 4 is 29.2 Å². The van der Waals surface area contributed by atoms with Crippen LogP contribution in [0.25, 0.3) is 0 Å². The highest BCUT2D eigenvalue weighted by Crippen LogP contribution is 2.46. The zero-order valence-corrected chi connectivity index (χ0v) is 18.1. The molecule has 1 fully saturated rings. The van der Waals surface area contributed by atoms with Crippen LogP contribution >= 0.6 is 11.6 Å². The zero-order valence-electron chi connectivity index (χ0n) is 17.3. The normalized spacial score (nSPS) is 21.2. The van der Waals surface area contributed by atoms with Gasteiger partial charge in [0.15, 0.2) is 5.72 Å². The van der Waals surface area contributed by atoms with Crippen molar-refractivity contribution < 1.29 is 14.3 Å². The summed E-state index contributed by atoms with van der Waals surface area (Å²) in [4.78, 5) is 31.6. The fraction of sp³-hybridized carbons (Fsp3) is 0.208. The van der Waals surface area contributed by atoms with Gasteiger partial charge in [0, 0.05) is 28.8 Å². The number of hydrogen-bond donors (Lipinski definition) is 2. The van der Waals surface area contributed by atoms with E-state index in [0.29, 0.717) is 35.0 Å². The Morgan fingerprint density at radius 1 is 1.25 bits per heavy atom. The molecule has 2 bridgehead atoms. The number of fused-ring (bicyclic) bond motifs is 4. The summed E-state index contributed by atoms with van der Waals surface area (Å²) in [7, 11) is 0. The van der Waals surface area contributed by atoms with Gasteiger partial charge in [0.25, 0.3) is 5.91 Å². The maximum Gasteiger partial charge on any atom is 0.325 e. The maximum absolute atomic E-state index is 13.1. The number of urea groups is 1. The summed E-state index contributed by atoms with van der Waals surface area (Å²) in [5.74, 6) is 0.435. The van der Waals surface area contributed by atoms with Gasteiger partial charge in [0.1, 0.15) is 5.75 Å². The molecule has 0 radical (unpaired) electrons. The number of ether oxygens (including phenoxy) is 1. The van der Waals surface area contributed by atoms with Gasteiger partial charge >= 0.3 is 6.03 Å². The molecule has 5 rings (SSSR count). The van der Waals surface area contributed by atoms with E-state index in [1.54, 1.807) is 41.4 Å². The molecule has 8 heteroatoms. The fourth-order valence-electron chi connectivity index (χ4n) is 4.30. The van der Waals surface area contributed by atoms with Gasteiger partial charge in [-0.25, -0.2) is 4.79 Å². The summed E-state index contributed by atoms with van der Waals surface area (Å²) in [6.07, 6.45) is 2.23. The van der Waals surface area contributed by atoms with Gasteiger partial charge in [-0.1, -0.05) is 23.7 Å². The molecule has 0 aliphatic carbocycles. The van der Waals surface area contributed by atoms with Gasteiger partial charge in [0.2, 0.25) is 0 Å². The van der Waals surface area contributed by atoms with Crippen molar-refractivity contribution in [2.75, 3.05) is 4.90 Å². The molecule has 2 unspecified atom stereocenters. The maximum atomic E-state index is 13.1. The van der Waals surface area contributed by atoms with Gasteiger partial charge in [-0.05, 0) is 55.5 Å². The van der Waals surface area contributed by atoms with Crippen LogP contribution < -0.4 is 20.3 Å². The molecule has 1 saturated heterocycles. The van der Waals surface area contributed by atoms with Crippen LogP contribution in [-0.4, -0.2) is 22.6 Å². The van der Waals surface area contributed by atoms with Crippen molar-refractivity contribution in [1.29, 1.82) is 0 Å². The van der Waals surface area contributed by atoms with Crippen LogP contribution in [0, 0.1) is 0 Å². The summed E-state index contributed by atoms with van der Waals surface area (Å²) in [5.41, 5.74) is 1.74. The number of aromatic nitrogens is 1. The second kappa shape index (κ2) is 7.84. The summed E-state index contributed by atoms with van der Waals surface area (Å²) < 4.78 is 6.29. The molecule has 3 amide bonds. The number of rotatable bonds is 4. The first-order valence-electron chi connectivity index (χ1n) is 10.3. The Kier molecular flexibility index (Phi) is 4.98. The van der Waals surface area contributed by atoms with E-state index in [1.807, 2.05) is 37.3 Å². The summed E-state index contributed by atoms with van der Waals surface area (Å²) >= 11 is 6.14. The Labute approximate surface area is 190 Å². The Hall–Kier alpha value is -3.58. The second-order valence-corrected chi connectivity index (χ2v) is 8.49. The van der Waals surface area contributed by atoms with Crippen molar-refractivity contribution in [2.24, 2.45) is 0 Å². The predicted octanol–water partition coefficient (Wildman–Crippen LogP) is 4.43. The lowest BCUT2D eigenvalue weighted by molar-refractivity contribution is 0.0378. The number of nitrogens with one attached hydrogen (secondary N) is 2. The molecule has 0 saturated carbocycles. The number of amides is 3. The highest BCUT2D eigenvalue weighted by atomic mass is 35.5. The number of carbonyl (C=O) groups is 2. The van der Waals surface area contributed by atoms with Crippen molar-refractivity contribution in [1.82, 2.24) is 15.6 Å². The number of benzene rings is 2. The smallest absolute Gasteiger partial charge is 0.325 e. The third-order valence-corrected chi connectivity index (χ3v) is 5.99. The Morgan fingerprint density at radius 3 is 2.94 bits per heavy atom. The van der Waals surface area contributed by atoms with E-state index >= 15 is 0 Å². The van der Waals surface area contributed by atoms with Crippen molar-refractivity contribution in [3.8, 4) is 5.75 Å². The van der Waals surface area contributed by atoms with E-state index in [2.05, 4.69) is 15.6 Å². The molecule has 3 heterocycles. The van der Waals surface area contributed by atoms with Gasteiger partial charge in [0.05, 0.1) is 24.0 Å². The minimum absolute atomic E-state index is 0.198. The molecular formula is C24H21ClN4O3. The summed E-state index contributed by atoms with van der Waals surface area (Å²) in [6, 6.07) is 17.4. The number of carbonyl (C=O) groups excluding carboxylic acids is 2. The van der Waals surface area contributed by atoms with Crippen molar-refractivity contribution in [3.63, 3.8) is 0 Å². The molecule has 3 aromatic rings. The lowest BCUT2D eigenvalue weighted by Gasteiger charge is -2.50. The second-order valence-electron chi connectivity index (χ2n) is 8.05. The number of pyridine rings is 1. The third kappa shape index (κ3) is 3.65. The predicted molar refractivity (Wildman–Crippen MR) is 121 cm³/mol. The Bertz CT molecular complexity index is 1200. The molecule has 0 spiro atoms. The van der Waals surface area contributed by atoms with Crippen LogP contribution in [0.15, 0.2) is 66.9 Å². The van der Waals surface area contributed by atoms with Crippen LogP contribution in [0.4, 0.5) is 10.5 Å². The van der Waals surface area contributed by atoms with Crippen LogP contribution in [0.2, 0.25) is 5.02 Å². The molecule has 7 nitrogen and oxygen atoms in total. The van der Waals surface area contributed by atoms with Gasteiger partial charge < -0.3 is 15.4 Å². The molecule has 2 aliphatic heterocycles. The number of nitrogens with zero attached hydrogens (tertiary/aromatic N) is 2. The quantitative estimate of drug-likeness (QED) is 0.618. The topological polar surface area (TPSA) is 83.6 Å². The first kappa shape index (κ1) is 20.3. The van der Waals surface area contributed by atoms with E-state index in [0.717, 1.165) is 11.3 Å². The van der Waals surface area contributed by atoms with Crippen LogP contribution in [0.3, 0.4) is 0 Å². The monoisotopic (exact) mass is 448 g/mol. The molecule has 32 heavy (non-hydrogen) atoms. The molecule has 2 aliphatic rings. The van der Waals surface area contributed by atoms with Gasteiger partial charge in [-0.15, -0.1) is 0 Å². The van der Waals surface area contributed by atoms with Crippen molar-refractivity contribution in [2.45, 2.75) is 31.7 Å². The molecule has 162 valence electrons. The highest BCUT2D eigenvalue weighted by Gasteiger charge is 2.49. The van der Waals surface area contributed by atoms with Crippen LogP contribution in [0.1, 0.15) is 41.0 Å². The van der Waals surface area contributed by atoms with Gasteiger partial charge in [-0.2, -0.15) is 0 Å². The minimum atomic E-state index is -0.906. The average Bonchev–Trinajstić information content (AvgIpc) is 2.78. The lowest BCUT2D eigenvalue weighted by atomic mass is 9.90. The molecular weight excluding hydrogens is 428 g/mol. The van der Waals surface area contributed by atoms with E-state index in [9.17, 15) is 9.59 Å². The van der Waals surface area contributed by atoms with Gasteiger partial charge in [-0.3, -0.25) is 14.7 Å². The van der Waals surface area contributed by atoms with Crippen molar-refractivity contribution in [3.05, 3.63) is 88.7 Å². The Morgan fingerprint density at radius 2 is 2.12 bits per heavy atom.